The summed E-state index contributed by atoms with van der Waals surface area (Å²) in [4.78, 5) is 11.7. The quantitative estimate of drug-likeness (QED) is 0.360. The van der Waals surface area contributed by atoms with Gasteiger partial charge in [0.2, 0.25) is 0 Å². The summed E-state index contributed by atoms with van der Waals surface area (Å²) in [5, 5.41) is 18.7. The predicted molar refractivity (Wildman–Crippen MR) is 68.4 cm³/mol. The van der Waals surface area contributed by atoms with Crippen molar-refractivity contribution < 1.29 is 24.1 Å². The van der Waals surface area contributed by atoms with Crippen LogP contribution >= 0.6 is 0 Å². The van der Waals surface area contributed by atoms with E-state index in [0.29, 0.717) is 6.42 Å². The van der Waals surface area contributed by atoms with E-state index in [1.165, 1.54) is 19.9 Å². The molecule has 19 heavy (non-hydrogen) atoms. The highest BCUT2D eigenvalue weighted by molar-refractivity contribution is 6.06. The van der Waals surface area contributed by atoms with E-state index in [9.17, 15) is 19.4 Å². The zero-order valence-electron chi connectivity index (χ0n) is 10.9. The third-order valence-electron chi connectivity index (χ3n) is 2.23. The zero-order chi connectivity index (χ0) is 14.5. The molecule has 0 atom stereocenters. The van der Waals surface area contributed by atoms with Crippen LogP contribution in [-0.4, -0.2) is 28.4 Å². The monoisotopic (exact) mass is 268 g/mol. The Morgan fingerprint density at radius 3 is 2.79 bits per heavy atom. The van der Waals surface area contributed by atoms with Gasteiger partial charge in [0.25, 0.3) is 0 Å². The van der Waals surface area contributed by atoms with Gasteiger partial charge in [-0.3, -0.25) is 4.79 Å². The Morgan fingerprint density at radius 2 is 2.16 bits per heavy atom. The Hall–Kier alpha value is -1.72. The van der Waals surface area contributed by atoms with Crippen molar-refractivity contribution in [3.8, 4) is 5.75 Å². The number of hydrogen-bond donors (Lipinski definition) is 2. The van der Waals surface area contributed by atoms with Gasteiger partial charge in [0.05, 0.1) is 12.2 Å². The number of phenolic OH excluding ortho intramolecular Hbond substituents is 1. The molecule has 0 spiro atoms. The normalized spacial score (nSPS) is 12.0. The molecule has 0 aliphatic heterocycles. The molecular weight excluding hydrogens is 251 g/mol. The lowest BCUT2D eigenvalue weighted by Gasteiger charge is -2.17. The van der Waals surface area contributed by atoms with Crippen LogP contribution in [0.2, 0.25) is 0 Å². The van der Waals surface area contributed by atoms with E-state index < -0.39 is 17.4 Å². The molecular formula is C14H17FO4. The van der Waals surface area contributed by atoms with Gasteiger partial charge >= 0.3 is 0 Å². The second-order valence-electron chi connectivity index (χ2n) is 4.51. The van der Waals surface area contributed by atoms with Gasteiger partial charge in [-0.25, -0.2) is 4.39 Å². The minimum Gasteiger partial charge on any atom is -0.507 e. The summed E-state index contributed by atoms with van der Waals surface area (Å²) in [6.07, 6.45) is 3.20. The zero-order valence-corrected chi connectivity index (χ0v) is 10.9. The van der Waals surface area contributed by atoms with E-state index in [2.05, 4.69) is 0 Å². The summed E-state index contributed by atoms with van der Waals surface area (Å²) in [5.74, 6) is -2.54. The molecule has 4 nitrogen and oxygen atoms in total. The van der Waals surface area contributed by atoms with Gasteiger partial charge < -0.3 is 14.9 Å². The summed E-state index contributed by atoms with van der Waals surface area (Å²) >= 11 is 0. The van der Waals surface area contributed by atoms with Crippen LogP contribution in [0, 0.1) is 5.82 Å². The lowest BCUT2D eigenvalue weighted by atomic mass is 10.1. The van der Waals surface area contributed by atoms with Crippen LogP contribution in [0.5, 0.6) is 5.75 Å². The molecule has 0 aromatic heterocycles. The smallest absolute Gasteiger partial charge is 0.189 e. The van der Waals surface area contributed by atoms with Gasteiger partial charge in [0, 0.05) is 0 Å². The SMILES string of the molecule is CC(C)(O)OCC/C=C/C(=O)c1cc(F)ccc1O. The number of aliphatic hydroxyl groups is 1. The molecule has 0 amide bonds. The molecule has 2 N–H and O–H groups in total. The fraction of sp³-hybridized carbons (Fsp3) is 0.357. The molecule has 0 aliphatic carbocycles. The molecule has 0 heterocycles. The van der Waals surface area contributed by atoms with Crippen molar-refractivity contribution in [2.75, 3.05) is 6.61 Å². The highest BCUT2D eigenvalue weighted by atomic mass is 19.1. The minimum atomic E-state index is -1.21. The molecule has 0 radical (unpaired) electrons. The minimum absolute atomic E-state index is 0.0837. The number of hydrogen-bond acceptors (Lipinski definition) is 4. The van der Waals surface area contributed by atoms with Gasteiger partial charge in [-0.1, -0.05) is 6.08 Å². The maximum absolute atomic E-state index is 12.9. The first-order valence-corrected chi connectivity index (χ1v) is 5.85. The Kier molecular flexibility index (Phi) is 5.20. The number of ether oxygens (including phenoxy) is 1. The summed E-state index contributed by atoms with van der Waals surface area (Å²) in [7, 11) is 0. The summed E-state index contributed by atoms with van der Waals surface area (Å²) in [5.41, 5.74) is -0.0837. The van der Waals surface area contributed by atoms with Gasteiger partial charge in [0.1, 0.15) is 11.6 Å². The second kappa shape index (κ2) is 6.45. The van der Waals surface area contributed by atoms with E-state index in [1.54, 1.807) is 6.08 Å². The van der Waals surface area contributed by atoms with E-state index in [-0.39, 0.29) is 17.9 Å². The maximum atomic E-state index is 12.9. The molecule has 104 valence electrons. The lowest BCUT2D eigenvalue weighted by molar-refractivity contribution is -0.174. The first-order valence-electron chi connectivity index (χ1n) is 5.85. The van der Waals surface area contributed by atoms with Gasteiger partial charge in [-0.15, -0.1) is 0 Å². The molecule has 0 fully saturated rings. The van der Waals surface area contributed by atoms with Crippen molar-refractivity contribution in [3.63, 3.8) is 0 Å². The maximum Gasteiger partial charge on any atom is 0.189 e. The molecule has 0 unspecified atom stereocenters. The molecule has 1 rings (SSSR count). The average Bonchev–Trinajstić information content (AvgIpc) is 2.30. The molecule has 0 saturated carbocycles. The standard InChI is InChI=1S/C14H17FO4/c1-14(2,18)19-8-4-3-5-12(16)11-9-10(15)6-7-13(11)17/h3,5-7,9,17-18H,4,8H2,1-2H3/b5-3+. The number of carbonyl (C=O) groups is 1. The number of ketones is 1. The Bertz CT molecular complexity index is 475. The van der Waals surface area contributed by atoms with Crippen molar-refractivity contribution in [1.29, 1.82) is 0 Å². The fourth-order valence-electron chi connectivity index (χ4n) is 1.36. The van der Waals surface area contributed by atoms with Crippen molar-refractivity contribution in [1.82, 2.24) is 0 Å². The number of halogens is 1. The Labute approximate surface area is 111 Å². The predicted octanol–water partition coefficient (Wildman–Crippen LogP) is 2.41. The Balaban J connectivity index is 2.53. The van der Waals surface area contributed by atoms with Crippen LogP contribution in [0.1, 0.15) is 30.6 Å². The number of carbonyl (C=O) groups excluding carboxylic acids is 1. The number of allylic oxidation sites excluding steroid dienone is 1. The van der Waals surface area contributed by atoms with Crippen LogP contribution in [0.15, 0.2) is 30.4 Å². The van der Waals surface area contributed by atoms with E-state index in [1.807, 2.05) is 0 Å². The van der Waals surface area contributed by atoms with Crippen LogP contribution in [0.4, 0.5) is 4.39 Å². The first-order chi connectivity index (χ1) is 8.79. The largest absolute Gasteiger partial charge is 0.507 e. The number of rotatable bonds is 6. The summed E-state index contributed by atoms with van der Waals surface area (Å²) in [6.45, 7) is 3.27. The van der Waals surface area contributed by atoms with Gasteiger partial charge in [-0.05, 0) is 44.5 Å². The molecule has 1 aromatic rings. The number of benzene rings is 1. The van der Waals surface area contributed by atoms with E-state index in [4.69, 9.17) is 4.74 Å². The molecule has 0 saturated heterocycles. The summed E-state index contributed by atoms with van der Waals surface area (Å²) in [6, 6.07) is 3.19. The lowest BCUT2D eigenvalue weighted by Crippen LogP contribution is -2.23. The molecule has 0 aliphatic rings. The number of aromatic hydroxyl groups is 1. The molecule has 1 aromatic carbocycles. The van der Waals surface area contributed by atoms with Crippen molar-refractivity contribution in [2.24, 2.45) is 0 Å². The number of phenols is 1. The van der Waals surface area contributed by atoms with Crippen molar-refractivity contribution in [3.05, 3.63) is 41.7 Å². The van der Waals surface area contributed by atoms with Crippen LogP contribution < -0.4 is 0 Å². The van der Waals surface area contributed by atoms with Crippen LogP contribution in [0.25, 0.3) is 0 Å². The molecule has 0 bridgehead atoms. The average molecular weight is 268 g/mol. The fourth-order valence-corrected chi connectivity index (χ4v) is 1.36. The van der Waals surface area contributed by atoms with Crippen LogP contribution in [-0.2, 0) is 4.74 Å². The van der Waals surface area contributed by atoms with Crippen molar-refractivity contribution in [2.45, 2.75) is 26.1 Å². The third-order valence-corrected chi connectivity index (χ3v) is 2.23. The van der Waals surface area contributed by atoms with E-state index >= 15 is 0 Å². The van der Waals surface area contributed by atoms with E-state index in [0.717, 1.165) is 18.2 Å². The topological polar surface area (TPSA) is 66.8 Å². The third kappa shape index (κ3) is 5.63. The highest BCUT2D eigenvalue weighted by Crippen LogP contribution is 2.18. The van der Waals surface area contributed by atoms with Gasteiger partial charge in [0.15, 0.2) is 11.6 Å². The Morgan fingerprint density at radius 1 is 1.47 bits per heavy atom. The highest BCUT2D eigenvalue weighted by Gasteiger charge is 2.11. The summed E-state index contributed by atoms with van der Waals surface area (Å²) < 4.78 is 18.0. The van der Waals surface area contributed by atoms with Crippen LogP contribution in [0.3, 0.4) is 0 Å². The van der Waals surface area contributed by atoms with Gasteiger partial charge in [-0.2, -0.15) is 0 Å². The first kappa shape index (κ1) is 15.3. The van der Waals surface area contributed by atoms with Crippen molar-refractivity contribution >= 4 is 5.78 Å². The second-order valence-corrected chi connectivity index (χ2v) is 4.51. The molecule has 5 heteroatoms.